The lowest BCUT2D eigenvalue weighted by molar-refractivity contribution is 0.0529. The maximum absolute atomic E-state index is 13.0. The number of pyridine rings is 2. The molecule has 0 saturated carbocycles. The highest BCUT2D eigenvalue weighted by atomic mass is 16.5. The highest BCUT2D eigenvalue weighted by molar-refractivity contribution is 6.05. The molecule has 2 aromatic carbocycles. The predicted molar refractivity (Wildman–Crippen MR) is 115 cm³/mol. The summed E-state index contributed by atoms with van der Waals surface area (Å²) in [5.41, 5.74) is 3.01. The van der Waals surface area contributed by atoms with E-state index in [1.165, 1.54) is 4.40 Å². The number of hydrogen-bond donors (Lipinski definition) is 0. The van der Waals surface area contributed by atoms with Crippen molar-refractivity contribution in [2.45, 2.75) is 6.92 Å². The molecule has 0 aliphatic carbocycles. The Kier molecular flexibility index (Phi) is 5.15. The zero-order chi connectivity index (χ0) is 21.1. The Hall–Kier alpha value is -4.17. The van der Waals surface area contributed by atoms with Crippen LogP contribution >= 0.6 is 0 Å². The van der Waals surface area contributed by atoms with Crippen LogP contribution in [0.5, 0.6) is 0 Å². The van der Waals surface area contributed by atoms with Crippen LogP contribution in [-0.2, 0) is 4.74 Å². The van der Waals surface area contributed by atoms with Gasteiger partial charge in [0, 0.05) is 11.8 Å². The van der Waals surface area contributed by atoms with Crippen molar-refractivity contribution < 1.29 is 9.53 Å². The molecule has 2 aromatic heterocycles. The Morgan fingerprint density at radius 2 is 1.57 bits per heavy atom. The van der Waals surface area contributed by atoms with Crippen LogP contribution in [0, 0.1) is 11.3 Å². The Bertz CT molecular complexity index is 1330. The minimum Gasteiger partial charge on any atom is -0.462 e. The van der Waals surface area contributed by atoms with Gasteiger partial charge in [0.1, 0.15) is 11.6 Å². The summed E-state index contributed by atoms with van der Waals surface area (Å²) in [7, 11) is 0. The summed E-state index contributed by atoms with van der Waals surface area (Å²) in [5, 5.41) is 9.77. The van der Waals surface area contributed by atoms with Crippen LogP contribution < -0.4 is 5.56 Å². The largest absolute Gasteiger partial charge is 0.462 e. The molecule has 5 nitrogen and oxygen atoms in total. The fourth-order valence-electron chi connectivity index (χ4n) is 3.57. The zero-order valence-electron chi connectivity index (χ0n) is 16.3. The smallest absolute Gasteiger partial charge is 0.340 e. The van der Waals surface area contributed by atoms with E-state index in [1.54, 1.807) is 31.3 Å². The SMILES string of the molecule is CCOC(=O)c1c(-c2ccc(-c3ccccc3)cc2)c(C#N)c(=O)n2ccccc12. The van der Waals surface area contributed by atoms with Gasteiger partial charge >= 0.3 is 5.97 Å². The molecule has 146 valence electrons. The first-order chi connectivity index (χ1) is 14.7. The van der Waals surface area contributed by atoms with Crippen LogP contribution in [0.25, 0.3) is 27.8 Å². The van der Waals surface area contributed by atoms with Crippen molar-refractivity contribution in [3.05, 3.63) is 100 Å². The fourth-order valence-corrected chi connectivity index (χ4v) is 3.57. The Morgan fingerprint density at radius 3 is 2.23 bits per heavy atom. The van der Waals surface area contributed by atoms with Crippen molar-refractivity contribution in [3.63, 3.8) is 0 Å². The third-order valence-electron chi connectivity index (χ3n) is 4.92. The van der Waals surface area contributed by atoms with Crippen molar-refractivity contribution in [1.29, 1.82) is 5.26 Å². The van der Waals surface area contributed by atoms with Crippen molar-refractivity contribution in [1.82, 2.24) is 4.40 Å². The van der Waals surface area contributed by atoms with Crippen molar-refractivity contribution >= 4 is 11.5 Å². The molecule has 0 amide bonds. The van der Waals surface area contributed by atoms with Gasteiger partial charge in [-0.1, -0.05) is 60.7 Å². The second-order valence-electron chi connectivity index (χ2n) is 6.66. The van der Waals surface area contributed by atoms with Gasteiger partial charge < -0.3 is 4.74 Å². The molecular weight excluding hydrogens is 376 g/mol. The van der Waals surface area contributed by atoms with Crippen LogP contribution in [0.4, 0.5) is 0 Å². The number of benzene rings is 2. The third kappa shape index (κ3) is 3.25. The fraction of sp³-hybridized carbons (Fsp3) is 0.0800. The van der Waals surface area contributed by atoms with Crippen molar-refractivity contribution in [3.8, 4) is 28.3 Å². The van der Waals surface area contributed by atoms with E-state index in [0.717, 1.165) is 11.1 Å². The van der Waals surface area contributed by atoms with Crippen LogP contribution in [0.3, 0.4) is 0 Å². The maximum Gasteiger partial charge on any atom is 0.340 e. The first-order valence-corrected chi connectivity index (χ1v) is 9.56. The van der Waals surface area contributed by atoms with Crippen LogP contribution in [0.2, 0.25) is 0 Å². The minimum absolute atomic E-state index is 0.0887. The van der Waals surface area contributed by atoms with Crippen molar-refractivity contribution in [2.75, 3.05) is 6.61 Å². The number of rotatable bonds is 4. The zero-order valence-corrected chi connectivity index (χ0v) is 16.3. The summed E-state index contributed by atoms with van der Waals surface area (Å²) in [6.45, 7) is 1.90. The van der Waals surface area contributed by atoms with Gasteiger partial charge in [-0.3, -0.25) is 9.20 Å². The number of aromatic nitrogens is 1. The van der Waals surface area contributed by atoms with Gasteiger partial charge in [-0.15, -0.1) is 0 Å². The maximum atomic E-state index is 13.0. The van der Waals surface area contributed by atoms with E-state index in [9.17, 15) is 14.9 Å². The van der Waals surface area contributed by atoms with Gasteiger partial charge in [-0.2, -0.15) is 5.26 Å². The number of fused-ring (bicyclic) bond motifs is 1. The van der Waals surface area contributed by atoms with E-state index in [2.05, 4.69) is 0 Å². The van der Waals surface area contributed by atoms with E-state index in [4.69, 9.17) is 4.74 Å². The molecule has 0 aliphatic heterocycles. The molecule has 0 radical (unpaired) electrons. The monoisotopic (exact) mass is 394 g/mol. The third-order valence-corrected chi connectivity index (χ3v) is 4.92. The van der Waals surface area contributed by atoms with Crippen molar-refractivity contribution in [2.24, 2.45) is 0 Å². The molecule has 30 heavy (non-hydrogen) atoms. The normalized spacial score (nSPS) is 10.5. The first-order valence-electron chi connectivity index (χ1n) is 9.56. The Balaban J connectivity index is 2.00. The molecule has 0 aliphatic rings. The lowest BCUT2D eigenvalue weighted by atomic mass is 9.93. The van der Waals surface area contributed by atoms with Gasteiger partial charge in [0.05, 0.1) is 17.7 Å². The van der Waals surface area contributed by atoms with Gasteiger partial charge in [0.2, 0.25) is 0 Å². The minimum atomic E-state index is -0.570. The molecule has 0 bridgehead atoms. The summed E-state index contributed by atoms with van der Waals surface area (Å²) in [6.07, 6.45) is 1.55. The van der Waals surface area contributed by atoms with E-state index in [-0.39, 0.29) is 17.7 Å². The van der Waals surface area contributed by atoms with E-state index >= 15 is 0 Å². The second kappa shape index (κ2) is 8.06. The van der Waals surface area contributed by atoms with E-state index in [0.29, 0.717) is 16.6 Å². The van der Waals surface area contributed by atoms with Crippen LogP contribution in [0.1, 0.15) is 22.8 Å². The number of carbonyl (C=O) groups is 1. The van der Waals surface area contributed by atoms with Gasteiger partial charge in [0.15, 0.2) is 0 Å². The molecule has 0 unspecified atom stereocenters. The molecule has 0 spiro atoms. The quantitative estimate of drug-likeness (QED) is 0.471. The Labute approximate surface area is 173 Å². The molecule has 0 N–H and O–H groups in total. The van der Waals surface area contributed by atoms with Crippen LogP contribution in [0.15, 0.2) is 83.8 Å². The highest BCUT2D eigenvalue weighted by Crippen LogP contribution is 2.31. The Morgan fingerprint density at radius 1 is 0.933 bits per heavy atom. The number of carbonyl (C=O) groups excluding carboxylic acids is 1. The summed E-state index contributed by atoms with van der Waals surface area (Å²) in [6, 6.07) is 24.4. The standard InChI is InChI=1S/C25H18N2O3/c1-2-30-25(29)23-21-10-6-7-15-27(21)24(28)20(16-26)22(23)19-13-11-18(12-14-19)17-8-4-3-5-9-17/h3-15H,2H2,1H3. The molecule has 5 heteroatoms. The average Bonchev–Trinajstić information content (AvgIpc) is 2.80. The number of ether oxygens (including phenoxy) is 1. The predicted octanol–water partition coefficient (Wildman–Crippen LogP) is 4.68. The van der Waals surface area contributed by atoms with E-state index < -0.39 is 11.5 Å². The lowest BCUT2D eigenvalue weighted by Gasteiger charge is -2.15. The number of hydrogen-bond acceptors (Lipinski definition) is 4. The first kappa shape index (κ1) is 19.2. The van der Waals surface area contributed by atoms with Gasteiger partial charge in [0.25, 0.3) is 5.56 Å². The molecule has 4 rings (SSSR count). The van der Waals surface area contributed by atoms with Crippen LogP contribution in [-0.4, -0.2) is 17.0 Å². The molecule has 0 fully saturated rings. The number of esters is 1. The highest BCUT2D eigenvalue weighted by Gasteiger charge is 2.24. The summed E-state index contributed by atoms with van der Waals surface area (Å²) < 4.78 is 6.58. The summed E-state index contributed by atoms with van der Waals surface area (Å²) in [5.74, 6) is -0.570. The summed E-state index contributed by atoms with van der Waals surface area (Å²) >= 11 is 0. The molecular formula is C25H18N2O3. The topological polar surface area (TPSA) is 71.6 Å². The molecule has 0 atom stereocenters. The molecule has 2 heterocycles. The molecule has 4 aromatic rings. The number of nitriles is 1. The van der Waals surface area contributed by atoms with Gasteiger partial charge in [-0.05, 0) is 35.7 Å². The summed E-state index contributed by atoms with van der Waals surface area (Å²) in [4.78, 5) is 25.8. The number of nitrogens with zero attached hydrogens (tertiary/aromatic N) is 2. The average molecular weight is 394 g/mol. The van der Waals surface area contributed by atoms with E-state index in [1.807, 2.05) is 60.7 Å². The lowest BCUT2D eigenvalue weighted by Crippen LogP contribution is -2.22. The second-order valence-corrected chi connectivity index (χ2v) is 6.66. The molecule has 0 saturated heterocycles. The van der Waals surface area contributed by atoms with Gasteiger partial charge in [-0.25, -0.2) is 4.79 Å².